The van der Waals surface area contributed by atoms with Gasteiger partial charge in [0.25, 0.3) is 0 Å². The molecule has 1 aromatic rings. The third-order valence-corrected chi connectivity index (χ3v) is 4.53. The first-order valence-corrected chi connectivity index (χ1v) is 6.88. The SMILES string of the molecule is CC(C)(C)c1ccc([C@H]2C[C@@H]3CN[C@H]2C3)cc1. The van der Waals surface area contributed by atoms with Gasteiger partial charge in [0.05, 0.1) is 0 Å². The maximum atomic E-state index is 3.65. The number of rotatable bonds is 1. The number of hydrogen-bond donors (Lipinski definition) is 1. The lowest BCUT2D eigenvalue weighted by molar-refractivity contribution is 0.448. The van der Waals surface area contributed by atoms with Crippen molar-refractivity contribution in [2.24, 2.45) is 5.92 Å². The smallest absolute Gasteiger partial charge is 0.0139 e. The van der Waals surface area contributed by atoms with Crippen molar-refractivity contribution >= 4 is 0 Å². The quantitative estimate of drug-likeness (QED) is 0.777. The van der Waals surface area contributed by atoms with Crippen LogP contribution in [0.2, 0.25) is 0 Å². The Kier molecular flexibility index (Phi) is 2.55. The molecule has 1 heterocycles. The highest BCUT2D eigenvalue weighted by molar-refractivity contribution is 5.31. The van der Waals surface area contributed by atoms with E-state index in [1.165, 1.54) is 30.5 Å². The molecule has 1 aliphatic carbocycles. The summed E-state index contributed by atoms with van der Waals surface area (Å²) in [6.07, 6.45) is 2.79. The Balaban J connectivity index is 1.81. The molecule has 1 heteroatoms. The van der Waals surface area contributed by atoms with Crippen molar-refractivity contribution in [2.75, 3.05) is 6.54 Å². The predicted molar refractivity (Wildman–Crippen MR) is 72.4 cm³/mol. The molecule has 1 saturated carbocycles. The van der Waals surface area contributed by atoms with Gasteiger partial charge in [0.15, 0.2) is 0 Å². The summed E-state index contributed by atoms with van der Waals surface area (Å²) in [5.74, 6) is 1.70. The van der Waals surface area contributed by atoms with Gasteiger partial charge < -0.3 is 5.32 Å². The molecule has 1 aliphatic heterocycles. The molecule has 1 aromatic carbocycles. The van der Waals surface area contributed by atoms with Crippen LogP contribution in [0, 0.1) is 5.92 Å². The van der Waals surface area contributed by atoms with Gasteiger partial charge in [0.1, 0.15) is 0 Å². The zero-order valence-corrected chi connectivity index (χ0v) is 11.2. The Bertz CT molecular complexity index is 399. The van der Waals surface area contributed by atoms with Gasteiger partial charge in [-0.05, 0) is 47.8 Å². The van der Waals surface area contributed by atoms with Crippen LogP contribution in [-0.4, -0.2) is 12.6 Å². The average molecular weight is 229 g/mol. The Morgan fingerprint density at radius 2 is 1.76 bits per heavy atom. The van der Waals surface area contributed by atoms with E-state index in [-0.39, 0.29) is 5.41 Å². The molecule has 2 bridgehead atoms. The lowest BCUT2D eigenvalue weighted by atomic mass is 9.84. The number of piperidine rings is 1. The van der Waals surface area contributed by atoms with Crippen molar-refractivity contribution in [2.45, 2.75) is 51.0 Å². The second-order valence-corrected chi connectivity index (χ2v) is 6.83. The second-order valence-electron chi connectivity index (χ2n) is 6.83. The molecule has 2 aliphatic rings. The van der Waals surface area contributed by atoms with Crippen LogP contribution in [-0.2, 0) is 5.41 Å². The summed E-state index contributed by atoms with van der Waals surface area (Å²) >= 11 is 0. The Morgan fingerprint density at radius 3 is 2.24 bits per heavy atom. The average Bonchev–Trinajstić information content (AvgIpc) is 2.89. The minimum Gasteiger partial charge on any atom is -0.313 e. The molecule has 2 fully saturated rings. The van der Waals surface area contributed by atoms with Gasteiger partial charge >= 0.3 is 0 Å². The first-order valence-electron chi connectivity index (χ1n) is 6.88. The maximum absolute atomic E-state index is 3.65. The van der Waals surface area contributed by atoms with Crippen molar-refractivity contribution < 1.29 is 0 Å². The van der Waals surface area contributed by atoms with Gasteiger partial charge in [-0.25, -0.2) is 0 Å². The van der Waals surface area contributed by atoms with Crippen LogP contribution in [0.1, 0.15) is 50.7 Å². The lowest BCUT2D eigenvalue weighted by Gasteiger charge is -2.25. The van der Waals surface area contributed by atoms with E-state index in [4.69, 9.17) is 0 Å². The summed E-state index contributed by atoms with van der Waals surface area (Å²) in [5, 5.41) is 3.65. The van der Waals surface area contributed by atoms with Gasteiger partial charge in [-0.2, -0.15) is 0 Å². The zero-order chi connectivity index (χ0) is 12.0. The van der Waals surface area contributed by atoms with Crippen LogP contribution in [0.5, 0.6) is 0 Å². The number of nitrogens with one attached hydrogen (secondary N) is 1. The van der Waals surface area contributed by atoms with Crippen molar-refractivity contribution in [3.63, 3.8) is 0 Å². The maximum Gasteiger partial charge on any atom is 0.0139 e. The number of fused-ring (bicyclic) bond motifs is 2. The molecule has 17 heavy (non-hydrogen) atoms. The summed E-state index contributed by atoms with van der Waals surface area (Å²) in [6, 6.07) is 10.1. The largest absolute Gasteiger partial charge is 0.313 e. The molecule has 0 unspecified atom stereocenters. The molecule has 1 N–H and O–H groups in total. The summed E-state index contributed by atoms with van der Waals surface area (Å²) in [4.78, 5) is 0. The van der Waals surface area contributed by atoms with E-state index in [0.29, 0.717) is 0 Å². The van der Waals surface area contributed by atoms with Crippen LogP contribution >= 0.6 is 0 Å². The third kappa shape index (κ3) is 2.01. The Labute approximate surface area is 105 Å². The van der Waals surface area contributed by atoms with Crippen LogP contribution in [0.15, 0.2) is 24.3 Å². The fourth-order valence-electron chi connectivity index (χ4n) is 3.45. The molecule has 0 amide bonds. The second kappa shape index (κ2) is 3.84. The Hall–Kier alpha value is -0.820. The number of hydrogen-bond acceptors (Lipinski definition) is 1. The standard InChI is InChI=1S/C16H23N/c1-16(2,3)13-6-4-12(5-7-13)14-8-11-9-15(14)17-10-11/h4-7,11,14-15,17H,8-10H2,1-3H3/t11-,14+,15-/m0/s1. The molecule has 3 rings (SSSR count). The van der Waals surface area contributed by atoms with Gasteiger partial charge in [-0.15, -0.1) is 0 Å². The van der Waals surface area contributed by atoms with Gasteiger partial charge in [-0.3, -0.25) is 0 Å². The molecule has 0 radical (unpaired) electrons. The fourth-order valence-corrected chi connectivity index (χ4v) is 3.45. The molecule has 1 saturated heterocycles. The summed E-state index contributed by atoms with van der Waals surface area (Å²) in [7, 11) is 0. The van der Waals surface area contributed by atoms with Crippen molar-refractivity contribution in [1.82, 2.24) is 5.32 Å². The van der Waals surface area contributed by atoms with Crippen molar-refractivity contribution in [3.05, 3.63) is 35.4 Å². The molecule has 0 aromatic heterocycles. The summed E-state index contributed by atoms with van der Waals surface area (Å²) in [6.45, 7) is 8.09. The topological polar surface area (TPSA) is 12.0 Å². The first-order chi connectivity index (χ1) is 8.04. The van der Waals surface area contributed by atoms with Gasteiger partial charge in [0, 0.05) is 6.04 Å². The summed E-state index contributed by atoms with van der Waals surface area (Å²) in [5.41, 5.74) is 3.25. The molecule has 0 spiro atoms. The highest BCUT2D eigenvalue weighted by Crippen LogP contribution is 2.42. The van der Waals surface area contributed by atoms with E-state index in [9.17, 15) is 0 Å². The van der Waals surface area contributed by atoms with Gasteiger partial charge in [0.2, 0.25) is 0 Å². The lowest BCUT2D eigenvalue weighted by Crippen LogP contribution is -2.31. The van der Waals surface area contributed by atoms with Crippen LogP contribution in [0.3, 0.4) is 0 Å². The molecular formula is C16H23N. The molecular weight excluding hydrogens is 206 g/mol. The van der Waals surface area contributed by atoms with Crippen LogP contribution in [0.25, 0.3) is 0 Å². The minimum absolute atomic E-state index is 0.269. The molecule has 1 nitrogen and oxygen atoms in total. The summed E-state index contributed by atoms with van der Waals surface area (Å²) < 4.78 is 0. The molecule has 3 atom stereocenters. The van der Waals surface area contributed by atoms with Crippen LogP contribution < -0.4 is 5.32 Å². The van der Waals surface area contributed by atoms with E-state index in [0.717, 1.165) is 17.9 Å². The highest BCUT2D eigenvalue weighted by Gasteiger charge is 2.39. The third-order valence-electron chi connectivity index (χ3n) is 4.53. The van der Waals surface area contributed by atoms with Crippen LogP contribution in [0.4, 0.5) is 0 Å². The van der Waals surface area contributed by atoms with E-state index < -0.39 is 0 Å². The first kappa shape index (κ1) is 11.3. The Morgan fingerprint density at radius 1 is 1.06 bits per heavy atom. The predicted octanol–water partition coefficient (Wildman–Crippen LogP) is 3.45. The molecule has 92 valence electrons. The van der Waals surface area contributed by atoms with Gasteiger partial charge in [-0.1, -0.05) is 45.0 Å². The van der Waals surface area contributed by atoms with E-state index >= 15 is 0 Å². The van der Waals surface area contributed by atoms with Crippen molar-refractivity contribution in [3.8, 4) is 0 Å². The zero-order valence-electron chi connectivity index (χ0n) is 11.2. The van der Waals surface area contributed by atoms with E-state index in [1.54, 1.807) is 0 Å². The fraction of sp³-hybridized carbons (Fsp3) is 0.625. The highest BCUT2D eigenvalue weighted by atomic mass is 15.0. The normalized spacial score (nSPS) is 32.1. The van der Waals surface area contributed by atoms with Crippen molar-refractivity contribution in [1.29, 1.82) is 0 Å². The number of benzene rings is 1. The van der Waals surface area contributed by atoms with E-state index in [1.807, 2.05) is 0 Å². The monoisotopic (exact) mass is 229 g/mol. The minimum atomic E-state index is 0.269. The van der Waals surface area contributed by atoms with E-state index in [2.05, 4.69) is 50.4 Å².